The summed E-state index contributed by atoms with van der Waals surface area (Å²) < 4.78 is 17.2. The van der Waals surface area contributed by atoms with E-state index in [9.17, 15) is 25.2 Å². The number of fused-ring (bicyclic) bond motifs is 5. The zero-order chi connectivity index (χ0) is 35.0. The van der Waals surface area contributed by atoms with Crippen LogP contribution in [0, 0.1) is 52.3 Å². The van der Waals surface area contributed by atoms with Crippen LogP contribution in [-0.2, 0) is 14.2 Å². The predicted octanol–water partition coefficient (Wildman–Crippen LogP) is 5.97. The highest BCUT2D eigenvalue weighted by atomic mass is 16.7. The molecule has 1 aliphatic heterocycles. The van der Waals surface area contributed by atoms with Crippen molar-refractivity contribution in [2.75, 3.05) is 19.8 Å². The van der Waals surface area contributed by atoms with Crippen molar-refractivity contribution in [3.63, 3.8) is 0 Å². The number of alkyl carbamates (subject to hydrolysis) is 1. The van der Waals surface area contributed by atoms with Crippen LogP contribution in [0.15, 0.2) is 11.6 Å². The first kappa shape index (κ1) is 38.0. The van der Waals surface area contributed by atoms with Crippen molar-refractivity contribution >= 4 is 6.09 Å². The fourth-order valence-corrected chi connectivity index (χ4v) is 10.9. The van der Waals surface area contributed by atoms with Gasteiger partial charge < -0.3 is 40.0 Å². The lowest BCUT2D eigenvalue weighted by Gasteiger charge is -2.58. The lowest BCUT2D eigenvalue weighted by molar-refractivity contribution is -0.334. The van der Waals surface area contributed by atoms with Crippen molar-refractivity contribution in [2.24, 2.45) is 52.3 Å². The minimum absolute atomic E-state index is 0.126. The lowest BCUT2D eigenvalue weighted by Crippen LogP contribution is -2.65. The van der Waals surface area contributed by atoms with Gasteiger partial charge >= 0.3 is 6.09 Å². The molecule has 5 aliphatic rings. The Morgan fingerprint density at radius 1 is 1.00 bits per heavy atom. The molecule has 1 heterocycles. The Morgan fingerprint density at radius 3 is 2.46 bits per heavy atom. The van der Waals surface area contributed by atoms with Crippen molar-refractivity contribution in [3.05, 3.63) is 11.6 Å². The maximum absolute atomic E-state index is 12.8. The van der Waals surface area contributed by atoms with Gasteiger partial charge in [-0.05, 0) is 104 Å². The molecule has 9 nitrogen and oxygen atoms in total. The first-order chi connectivity index (χ1) is 22.6. The van der Waals surface area contributed by atoms with Crippen molar-refractivity contribution < 1.29 is 39.4 Å². The summed E-state index contributed by atoms with van der Waals surface area (Å²) in [6.07, 6.45) is 9.86. The standard InChI is InChI=1S/C39H67NO8/c1-23(2)9-8-10-25(4)29-13-14-30-28-12-11-26-19-27(15-17-37(26,5)31(28)16-18-38(29,30)6)47-36(45)40-20-24(3)21-46-35-33(43)32(42)34(44)39(7,22-41)48-35/h11,23-25,27-35,41-44H,8-10,12-22H2,1-7H3,(H,40,45)/t24?,25?,27?,28?,29?,30?,31?,32?,33?,34-,35?,37-,38+,39?/m0/s1. The molecular formula is C39H67NO8. The molecule has 4 fully saturated rings. The third-order valence-corrected chi connectivity index (χ3v) is 14.0. The van der Waals surface area contributed by atoms with E-state index in [2.05, 4.69) is 46.0 Å². The van der Waals surface area contributed by atoms with Crippen LogP contribution < -0.4 is 5.32 Å². The monoisotopic (exact) mass is 677 g/mol. The van der Waals surface area contributed by atoms with E-state index in [1.807, 2.05) is 6.92 Å². The minimum atomic E-state index is -1.52. The van der Waals surface area contributed by atoms with Gasteiger partial charge in [0.25, 0.3) is 0 Å². The van der Waals surface area contributed by atoms with E-state index >= 15 is 0 Å². The second-order valence-electron chi connectivity index (χ2n) is 17.8. The average molecular weight is 678 g/mol. The van der Waals surface area contributed by atoms with Crippen LogP contribution in [0.2, 0.25) is 0 Å². The van der Waals surface area contributed by atoms with Crippen molar-refractivity contribution in [1.29, 1.82) is 0 Å². The quantitative estimate of drug-likeness (QED) is 0.160. The van der Waals surface area contributed by atoms with Crippen LogP contribution in [-0.4, -0.2) is 82.6 Å². The summed E-state index contributed by atoms with van der Waals surface area (Å²) >= 11 is 0. The zero-order valence-electron chi connectivity index (χ0n) is 30.8. The molecule has 0 aromatic carbocycles. The molecule has 9 heteroatoms. The number of allylic oxidation sites excluding steroid dienone is 1. The Balaban J connectivity index is 1.09. The summed E-state index contributed by atoms with van der Waals surface area (Å²) in [5.41, 5.74) is 0.729. The molecule has 5 rings (SSSR count). The highest BCUT2D eigenvalue weighted by molar-refractivity contribution is 5.67. The van der Waals surface area contributed by atoms with Gasteiger partial charge in [0.05, 0.1) is 13.2 Å². The van der Waals surface area contributed by atoms with Crippen molar-refractivity contribution in [2.45, 2.75) is 155 Å². The third-order valence-electron chi connectivity index (χ3n) is 14.0. The SMILES string of the molecule is CC(C)CCCC(C)C1CCC2C3CC=C4CC(OC(=O)NCC(C)COC5OC(C)(CO)[C@@H](O)C(O)C5O)CC[C@]4(C)C3CC[C@]12C. The summed E-state index contributed by atoms with van der Waals surface area (Å²) in [5, 5.41) is 43.1. The van der Waals surface area contributed by atoms with E-state index in [0.29, 0.717) is 12.0 Å². The Hall–Kier alpha value is -1.23. The van der Waals surface area contributed by atoms with Gasteiger partial charge in [0, 0.05) is 13.0 Å². The summed E-state index contributed by atoms with van der Waals surface area (Å²) in [6.45, 7) is 15.6. The maximum Gasteiger partial charge on any atom is 0.407 e. The van der Waals surface area contributed by atoms with Gasteiger partial charge in [0.1, 0.15) is 30.0 Å². The molecule has 0 aromatic rings. The molecule has 276 valence electrons. The number of nitrogens with one attached hydrogen (secondary N) is 1. The summed E-state index contributed by atoms with van der Waals surface area (Å²) in [6, 6.07) is 0. The first-order valence-corrected chi connectivity index (χ1v) is 19.2. The Bertz CT molecular complexity index is 1130. The number of aliphatic hydroxyl groups excluding tert-OH is 4. The number of amides is 1. The molecule has 0 bridgehead atoms. The van der Waals surface area contributed by atoms with Gasteiger partial charge in [-0.1, -0.05) is 72.5 Å². The van der Waals surface area contributed by atoms with Gasteiger partial charge in [-0.2, -0.15) is 0 Å². The smallest absolute Gasteiger partial charge is 0.407 e. The summed E-state index contributed by atoms with van der Waals surface area (Å²) in [5.74, 6) is 4.68. The number of carbonyl (C=O) groups excluding carboxylic acids is 1. The topological polar surface area (TPSA) is 138 Å². The Kier molecular flexibility index (Phi) is 12.0. The highest BCUT2D eigenvalue weighted by Crippen LogP contribution is 2.67. The molecular weight excluding hydrogens is 610 g/mol. The van der Waals surface area contributed by atoms with Crippen LogP contribution in [0.25, 0.3) is 0 Å². The number of hydrogen-bond donors (Lipinski definition) is 5. The van der Waals surface area contributed by atoms with Gasteiger partial charge in [-0.15, -0.1) is 0 Å². The average Bonchev–Trinajstić information content (AvgIpc) is 3.41. The first-order valence-electron chi connectivity index (χ1n) is 19.2. The number of ether oxygens (including phenoxy) is 3. The molecule has 5 N–H and O–H groups in total. The van der Waals surface area contributed by atoms with E-state index in [1.54, 1.807) is 0 Å². The van der Waals surface area contributed by atoms with E-state index < -0.39 is 42.9 Å². The molecule has 14 atom stereocenters. The zero-order valence-corrected chi connectivity index (χ0v) is 30.8. The summed E-state index contributed by atoms with van der Waals surface area (Å²) in [4.78, 5) is 12.8. The second-order valence-corrected chi connectivity index (χ2v) is 17.8. The van der Waals surface area contributed by atoms with E-state index in [1.165, 1.54) is 63.9 Å². The molecule has 3 saturated carbocycles. The van der Waals surface area contributed by atoms with Crippen molar-refractivity contribution in [1.82, 2.24) is 5.32 Å². The third kappa shape index (κ3) is 7.52. The molecule has 11 unspecified atom stereocenters. The number of aliphatic hydroxyl groups is 4. The predicted molar refractivity (Wildman–Crippen MR) is 185 cm³/mol. The molecule has 0 radical (unpaired) electrons. The van der Waals surface area contributed by atoms with Crippen molar-refractivity contribution in [3.8, 4) is 0 Å². The lowest BCUT2D eigenvalue weighted by atomic mass is 9.47. The largest absolute Gasteiger partial charge is 0.446 e. The van der Waals surface area contributed by atoms with Gasteiger partial charge in [0.2, 0.25) is 0 Å². The molecule has 0 spiro atoms. The van der Waals surface area contributed by atoms with Crippen LogP contribution in [0.3, 0.4) is 0 Å². The molecule has 0 aromatic heterocycles. The second kappa shape index (κ2) is 15.2. The fraction of sp³-hybridized carbons (Fsp3) is 0.923. The van der Waals surface area contributed by atoms with Crippen LogP contribution in [0.1, 0.15) is 119 Å². The van der Waals surface area contributed by atoms with Crippen LogP contribution >= 0.6 is 0 Å². The van der Waals surface area contributed by atoms with E-state index in [0.717, 1.165) is 54.8 Å². The van der Waals surface area contributed by atoms with Gasteiger partial charge in [0.15, 0.2) is 6.29 Å². The number of rotatable bonds is 12. The van der Waals surface area contributed by atoms with Crippen LogP contribution in [0.4, 0.5) is 4.79 Å². The van der Waals surface area contributed by atoms with Crippen LogP contribution in [0.5, 0.6) is 0 Å². The molecule has 1 amide bonds. The number of hydrogen-bond acceptors (Lipinski definition) is 8. The maximum atomic E-state index is 12.8. The molecule has 48 heavy (non-hydrogen) atoms. The minimum Gasteiger partial charge on any atom is -0.446 e. The number of carbonyl (C=O) groups is 1. The fourth-order valence-electron chi connectivity index (χ4n) is 10.9. The molecule has 4 aliphatic carbocycles. The van der Waals surface area contributed by atoms with Gasteiger partial charge in [-0.3, -0.25) is 0 Å². The summed E-state index contributed by atoms with van der Waals surface area (Å²) in [7, 11) is 0. The Morgan fingerprint density at radius 2 is 1.75 bits per heavy atom. The highest BCUT2D eigenvalue weighted by Gasteiger charge is 2.59. The normalized spacial score (nSPS) is 43.8. The van der Waals surface area contributed by atoms with E-state index in [4.69, 9.17) is 14.2 Å². The van der Waals surface area contributed by atoms with Gasteiger partial charge in [-0.25, -0.2) is 4.79 Å². The van der Waals surface area contributed by atoms with E-state index in [-0.39, 0.29) is 24.0 Å². The molecule has 1 saturated heterocycles. The Labute approximate surface area is 289 Å².